The van der Waals surface area contributed by atoms with Crippen molar-refractivity contribution in [3.8, 4) is 11.6 Å². The van der Waals surface area contributed by atoms with Gasteiger partial charge in [0.15, 0.2) is 16.7 Å². The molecule has 1 aromatic carbocycles. The van der Waals surface area contributed by atoms with Gasteiger partial charge in [0, 0.05) is 29.3 Å². The van der Waals surface area contributed by atoms with E-state index in [1.165, 1.54) is 17.8 Å². The molecule has 132 valence electrons. The van der Waals surface area contributed by atoms with Gasteiger partial charge in [-0.05, 0) is 42.3 Å². The van der Waals surface area contributed by atoms with Gasteiger partial charge in [0.2, 0.25) is 0 Å². The number of rotatable bonds is 4. The van der Waals surface area contributed by atoms with E-state index in [0.29, 0.717) is 27.9 Å². The first kappa shape index (κ1) is 16.9. The molecule has 0 bridgehead atoms. The molecule has 0 saturated carbocycles. The average molecular weight is 388 g/mol. The first-order valence-electron chi connectivity index (χ1n) is 7.82. The SMILES string of the molecule is Cc1cc2oc(=O)cc(CSc3nnc(-c4ccco4)n3C)c2cc1Cl. The minimum absolute atomic E-state index is 0.385. The standard InChI is InChI=1S/C18H14ClN3O3S/c1-10-6-15-12(8-13(10)19)11(7-16(23)25-15)9-26-18-21-20-17(22(18)2)14-4-3-5-24-14/h3-8H,9H2,1-2H3. The molecule has 8 heteroatoms. The topological polar surface area (TPSA) is 74.1 Å². The van der Waals surface area contributed by atoms with Gasteiger partial charge in [0.05, 0.1) is 6.26 Å². The zero-order chi connectivity index (χ0) is 18.3. The number of hydrogen-bond donors (Lipinski definition) is 0. The Balaban J connectivity index is 1.67. The molecule has 26 heavy (non-hydrogen) atoms. The van der Waals surface area contributed by atoms with E-state index in [-0.39, 0.29) is 5.63 Å². The summed E-state index contributed by atoms with van der Waals surface area (Å²) in [6.07, 6.45) is 1.60. The lowest BCUT2D eigenvalue weighted by molar-refractivity contribution is 0.559. The van der Waals surface area contributed by atoms with Gasteiger partial charge in [-0.1, -0.05) is 23.4 Å². The second-order valence-corrected chi connectivity index (χ2v) is 7.17. The van der Waals surface area contributed by atoms with Gasteiger partial charge in [-0.3, -0.25) is 0 Å². The molecule has 0 N–H and O–H groups in total. The summed E-state index contributed by atoms with van der Waals surface area (Å²) in [5.41, 5.74) is 1.85. The summed E-state index contributed by atoms with van der Waals surface area (Å²) in [6.45, 7) is 1.87. The highest BCUT2D eigenvalue weighted by atomic mass is 35.5. The summed E-state index contributed by atoms with van der Waals surface area (Å²) >= 11 is 7.71. The van der Waals surface area contributed by atoms with Crippen molar-refractivity contribution in [3.63, 3.8) is 0 Å². The van der Waals surface area contributed by atoms with Crippen LogP contribution in [0.25, 0.3) is 22.6 Å². The molecule has 0 aliphatic heterocycles. The normalized spacial score (nSPS) is 11.3. The number of fused-ring (bicyclic) bond motifs is 1. The van der Waals surface area contributed by atoms with Crippen LogP contribution in [0.1, 0.15) is 11.1 Å². The minimum Gasteiger partial charge on any atom is -0.461 e. The molecule has 0 atom stereocenters. The number of aryl methyl sites for hydroxylation is 1. The third kappa shape index (κ3) is 3.04. The summed E-state index contributed by atoms with van der Waals surface area (Å²) in [5.74, 6) is 1.83. The summed E-state index contributed by atoms with van der Waals surface area (Å²) in [5, 5.41) is 10.6. The third-order valence-electron chi connectivity index (χ3n) is 4.04. The molecule has 0 amide bonds. The van der Waals surface area contributed by atoms with Gasteiger partial charge in [-0.15, -0.1) is 10.2 Å². The Kier molecular flexibility index (Phi) is 4.34. The lowest BCUT2D eigenvalue weighted by atomic mass is 10.1. The van der Waals surface area contributed by atoms with Crippen LogP contribution in [0.4, 0.5) is 0 Å². The number of nitrogens with zero attached hydrogens (tertiary/aromatic N) is 3. The summed E-state index contributed by atoms with van der Waals surface area (Å²) in [6, 6.07) is 8.74. The predicted octanol–water partition coefficient (Wildman–Crippen LogP) is 4.44. The molecule has 0 fully saturated rings. The molecule has 0 unspecified atom stereocenters. The first-order valence-corrected chi connectivity index (χ1v) is 9.18. The fourth-order valence-electron chi connectivity index (χ4n) is 2.67. The van der Waals surface area contributed by atoms with Crippen LogP contribution in [-0.2, 0) is 12.8 Å². The molecule has 0 spiro atoms. The number of furan rings is 1. The Hall–Kier alpha value is -2.51. The molecule has 4 aromatic rings. The molecular weight excluding hydrogens is 374 g/mol. The lowest BCUT2D eigenvalue weighted by Crippen LogP contribution is -2.01. The quantitative estimate of drug-likeness (QED) is 0.381. The molecule has 0 aliphatic carbocycles. The van der Waals surface area contributed by atoms with E-state index in [1.54, 1.807) is 18.4 Å². The maximum Gasteiger partial charge on any atom is 0.336 e. The maximum atomic E-state index is 11.9. The Bertz CT molecular complexity index is 1150. The second kappa shape index (κ2) is 6.66. The summed E-state index contributed by atoms with van der Waals surface area (Å²) in [4.78, 5) is 11.9. The molecule has 0 radical (unpaired) electrons. The van der Waals surface area contributed by atoms with E-state index in [2.05, 4.69) is 10.2 Å². The minimum atomic E-state index is -0.385. The summed E-state index contributed by atoms with van der Waals surface area (Å²) < 4.78 is 12.5. The zero-order valence-corrected chi connectivity index (χ0v) is 15.6. The number of hydrogen-bond acceptors (Lipinski definition) is 6. The van der Waals surface area contributed by atoms with Crippen molar-refractivity contribution >= 4 is 34.3 Å². The Morgan fingerprint density at radius 3 is 2.88 bits per heavy atom. The highest BCUT2D eigenvalue weighted by Crippen LogP contribution is 2.30. The number of benzene rings is 1. The summed E-state index contributed by atoms with van der Waals surface area (Å²) in [7, 11) is 1.87. The van der Waals surface area contributed by atoms with Gasteiger partial charge >= 0.3 is 5.63 Å². The van der Waals surface area contributed by atoms with Crippen molar-refractivity contribution in [2.45, 2.75) is 17.8 Å². The first-order chi connectivity index (χ1) is 12.5. The Labute approximate surface area is 157 Å². The van der Waals surface area contributed by atoms with E-state index in [9.17, 15) is 4.79 Å². The van der Waals surface area contributed by atoms with Gasteiger partial charge < -0.3 is 13.4 Å². The average Bonchev–Trinajstić information content (AvgIpc) is 3.24. The van der Waals surface area contributed by atoms with Crippen LogP contribution in [0.3, 0.4) is 0 Å². The number of thioether (sulfide) groups is 1. The van der Waals surface area contributed by atoms with Crippen molar-refractivity contribution in [3.05, 3.63) is 63.2 Å². The van der Waals surface area contributed by atoms with Crippen molar-refractivity contribution in [1.29, 1.82) is 0 Å². The van der Waals surface area contributed by atoms with E-state index in [1.807, 2.05) is 30.7 Å². The molecule has 0 saturated heterocycles. The van der Waals surface area contributed by atoms with Crippen molar-refractivity contribution in [2.75, 3.05) is 0 Å². The molecule has 6 nitrogen and oxygen atoms in total. The van der Waals surface area contributed by atoms with Gasteiger partial charge in [0.1, 0.15) is 5.58 Å². The van der Waals surface area contributed by atoms with Crippen LogP contribution in [0.15, 0.2) is 55.4 Å². The fraction of sp³-hybridized carbons (Fsp3) is 0.167. The molecule has 3 aromatic heterocycles. The largest absolute Gasteiger partial charge is 0.461 e. The van der Waals surface area contributed by atoms with Gasteiger partial charge in [-0.2, -0.15) is 0 Å². The van der Waals surface area contributed by atoms with Gasteiger partial charge in [-0.25, -0.2) is 4.79 Å². The van der Waals surface area contributed by atoms with Crippen LogP contribution in [-0.4, -0.2) is 14.8 Å². The van der Waals surface area contributed by atoms with Crippen molar-refractivity contribution in [2.24, 2.45) is 7.05 Å². The van der Waals surface area contributed by atoms with E-state index >= 15 is 0 Å². The predicted molar refractivity (Wildman–Crippen MR) is 100 cm³/mol. The zero-order valence-electron chi connectivity index (χ0n) is 14.0. The van der Waals surface area contributed by atoms with Gasteiger partial charge in [0.25, 0.3) is 0 Å². The lowest BCUT2D eigenvalue weighted by Gasteiger charge is -2.07. The highest BCUT2D eigenvalue weighted by molar-refractivity contribution is 7.98. The third-order valence-corrected chi connectivity index (χ3v) is 5.52. The van der Waals surface area contributed by atoms with Crippen LogP contribution in [0.5, 0.6) is 0 Å². The molecule has 0 aliphatic rings. The van der Waals surface area contributed by atoms with E-state index in [0.717, 1.165) is 21.7 Å². The maximum absolute atomic E-state index is 11.9. The second-order valence-electron chi connectivity index (χ2n) is 5.82. The fourth-order valence-corrected chi connectivity index (χ4v) is 3.74. The van der Waals surface area contributed by atoms with Crippen LogP contribution >= 0.6 is 23.4 Å². The van der Waals surface area contributed by atoms with Crippen LogP contribution < -0.4 is 5.63 Å². The van der Waals surface area contributed by atoms with Crippen molar-refractivity contribution in [1.82, 2.24) is 14.8 Å². The monoisotopic (exact) mass is 387 g/mol. The van der Waals surface area contributed by atoms with Crippen LogP contribution in [0, 0.1) is 6.92 Å². The Morgan fingerprint density at radius 1 is 1.27 bits per heavy atom. The Morgan fingerprint density at radius 2 is 2.12 bits per heavy atom. The van der Waals surface area contributed by atoms with Crippen LogP contribution in [0.2, 0.25) is 5.02 Å². The molecule has 3 heterocycles. The van der Waals surface area contributed by atoms with E-state index < -0.39 is 0 Å². The smallest absolute Gasteiger partial charge is 0.336 e. The number of halogens is 1. The molecular formula is C18H14ClN3O3S. The molecule has 4 rings (SSSR count). The van der Waals surface area contributed by atoms with Crippen molar-refractivity contribution < 1.29 is 8.83 Å². The highest BCUT2D eigenvalue weighted by Gasteiger charge is 2.15. The van der Waals surface area contributed by atoms with E-state index in [4.69, 9.17) is 20.4 Å². The number of aromatic nitrogens is 3.